The lowest BCUT2D eigenvalue weighted by Gasteiger charge is -2.21. The number of amides is 1. The van der Waals surface area contributed by atoms with Crippen LogP contribution in [0.15, 0.2) is 77.4 Å². The number of carbonyl (C=O) groups excluding carboxylic acids is 1. The van der Waals surface area contributed by atoms with Crippen LogP contribution in [-0.2, 0) is 11.3 Å². The van der Waals surface area contributed by atoms with Crippen molar-refractivity contribution in [1.29, 1.82) is 0 Å². The lowest BCUT2D eigenvalue weighted by molar-refractivity contribution is -0.123. The molecule has 0 spiro atoms. The van der Waals surface area contributed by atoms with Gasteiger partial charge in [0.05, 0.1) is 40.5 Å². The monoisotopic (exact) mass is 527 g/mol. The quantitative estimate of drug-likeness (QED) is 0.312. The highest BCUT2D eigenvalue weighted by atomic mass is 16.5. The second-order valence-corrected chi connectivity index (χ2v) is 8.99. The largest absolute Gasteiger partial charge is 0.502 e. The lowest BCUT2D eigenvalue weighted by atomic mass is 9.97. The van der Waals surface area contributed by atoms with Crippen LogP contribution in [0.4, 0.5) is 0 Å². The van der Waals surface area contributed by atoms with E-state index >= 15 is 0 Å². The molecule has 0 saturated carbocycles. The average Bonchev–Trinajstić information content (AvgIpc) is 3.72. The molecule has 2 aromatic heterocycles. The second kappa shape index (κ2) is 10.8. The standard InChI is InChI=1S/C30H29N3O6/c1-18-23(12-19-13-25(37-3)29(34)26(14-19)38-4)22-8-7-20(36-2)15-24(22)27(18)28(33-10-9-31-17-33)30(35)32-16-21-6-5-11-39-21/h5-15,17,28,34H,16H2,1-4H3,(H,32,35)/b23-12-. The number of aromatic hydroxyl groups is 1. The molecule has 9 nitrogen and oxygen atoms in total. The molecule has 0 radical (unpaired) electrons. The van der Waals surface area contributed by atoms with Crippen molar-refractivity contribution in [2.24, 2.45) is 0 Å². The van der Waals surface area contributed by atoms with Crippen LogP contribution in [0, 0.1) is 0 Å². The Kier molecular flexibility index (Phi) is 7.14. The highest BCUT2D eigenvalue weighted by Crippen LogP contribution is 2.48. The molecule has 0 saturated heterocycles. The molecule has 2 N–H and O–H groups in total. The molecule has 39 heavy (non-hydrogen) atoms. The maximum atomic E-state index is 13.8. The van der Waals surface area contributed by atoms with Crippen LogP contribution >= 0.6 is 0 Å². The van der Waals surface area contributed by atoms with Gasteiger partial charge in [0.1, 0.15) is 17.6 Å². The van der Waals surface area contributed by atoms with Gasteiger partial charge in [-0.3, -0.25) is 4.79 Å². The lowest BCUT2D eigenvalue weighted by Crippen LogP contribution is -2.32. The van der Waals surface area contributed by atoms with Gasteiger partial charge in [-0.15, -0.1) is 0 Å². The number of nitrogens with zero attached hydrogens (tertiary/aromatic N) is 2. The number of fused-ring (bicyclic) bond motifs is 1. The van der Waals surface area contributed by atoms with Crippen LogP contribution in [0.25, 0.3) is 17.2 Å². The summed E-state index contributed by atoms with van der Waals surface area (Å²) in [4.78, 5) is 18.0. The Balaban J connectivity index is 1.66. The first-order valence-corrected chi connectivity index (χ1v) is 12.3. The molecule has 2 heterocycles. The summed E-state index contributed by atoms with van der Waals surface area (Å²) < 4.78 is 23.5. The van der Waals surface area contributed by atoms with E-state index in [4.69, 9.17) is 18.6 Å². The molecule has 1 aliphatic carbocycles. The van der Waals surface area contributed by atoms with Gasteiger partial charge < -0.3 is 33.6 Å². The number of rotatable bonds is 9. The van der Waals surface area contributed by atoms with E-state index in [1.54, 1.807) is 54.9 Å². The molecule has 1 unspecified atom stereocenters. The third-order valence-corrected chi connectivity index (χ3v) is 6.79. The van der Waals surface area contributed by atoms with E-state index < -0.39 is 6.04 Å². The van der Waals surface area contributed by atoms with Crippen molar-refractivity contribution in [3.05, 3.63) is 95.5 Å². The summed E-state index contributed by atoms with van der Waals surface area (Å²) in [6, 6.07) is 12.2. The number of aromatic nitrogens is 2. The fourth-order valence-corrected chi connectivity index (χ4v) is 4.88. The highest BCUT2D eigenvalue weighted by molar-refractivity contribution is 6.10. The first kappa shape index (κ1) is 25.7. The summed E-state index contributed by atoms with van der Waals surface area (Å²) in [6.07, 6.45) is 8.62. The number of imidazole rings is 1. The van der Waals surface area contributed by atoms with Gasteiger partial charge in [-0.2, -0.15) is 0 Å². The van der Waals surface area contributed by atoms with Crippen LogP contribution in [0.2, 0.25) is 0 Å². The van der Waals surface area contributed by atoms with Crippen LogP contribution in [0.1, 0.15) is 35.4 Å². The molecule has 200 valence electrons. The van der Waals surface area contributed by atoms with Gasteiger partial charge in [0, 0.05) is 12.4 Å². The van der Waals surface area contributed by atoms with Gasteiger partial charge in [-0.1, -0.05) is 6.07 Å². The molecular weight excluding hydrogens is 498 g/mol. The predicted octanol–water partition coefficient (Wildman–Crippen LogP) is 5.09. The maximum Gasteiger partial charge on any atom is 0.248 e. The summed E-state index contributed by atoms with van der Waals surface area (Å²) in [5.41, 5.74) is 5.24. The molecule has 9 heteroatoms. The first-order chi connectivity index (χ1) is 18.9. The van der Waals surface area contributed by atoms with E-state index in [9.17, 15) is 9.90 Å². The van der Waals surface area contributed by atoms with Crippen molar-refractivity contribution in [3.8, 4) is 23.0 Å². The number of methoxy groups -OCH3 is 3. The zero-order valence-electron chi connectivity index (χ0n) is 22.1. The fraction of sp³-hybridized carbons (Fsp3) is 0.200. The Morgan fingerprint density at radius 2 is 1.87 bits per heavy atom. The van der Waals surface area contributed by atoms with Crippen molar-refractivity contribution >= 4 is 23.1 Å². The third-order valence-electron chi connectivity index (χ3n) is 6.79. The SMILES string of the molecule is COc1ccc2c(c1)C(C(C(=O)NCc1ccco1)n1ccnc1)=C(C)/C2=C/c1cc(OC)c(O)c(OC)c1. The molecular formula is C30H29N3O6. The number of benzene rings is 2. The first-order valence-electron chi connectivity index (χ1n) is 12.3. The van der Waals surface area contributed by atoms with Crippen LogP contribution in [0.3, 0.4) is 0 Å². The van der Waals surface area contributed by atoms with Crippen molar-refractivity contribution in [1.82, 2.24) is 14.9 Å². The number of hydrogen-bond donors (Lipinski definition) is 2. The van der Waals surface area contributed by atoms with E-state index in [1.165, 1.54) is 14.2 Å². The minimum Gasteiger partial charge on any atom is -0.502 e. The van der Waals surface area contributed by atoms with E-state index in [0.29, 0.717) is 23.0 Å². The average molecular weight is 528 g/mol. The number of hydrogen-bond acceptors (Lipinski definition) is 7. The highest BCUT2D eigenvalue weighted by Gasteiger charge is 2.34. The zero-order chi connectivity index (χ0) is 27.5. The summed E-state index contributed by atoms with van der Waals surface area (Å²) in [7, 11) is 4.59. The normalized spacial score (nSPS) is 14.3. The van der Waals surface area contributed by atoms with Crippen LogP contribution < -0.4 is 19.5 Å². The molecule has 1 atom stereocenters. The van der Waals surface area contributed by atoms with Crippen molar-refractivity contribution in [2.45, 2.75) is 19.5 Å². The van der Waals surface area contributed by atoms with Gasteiger partial charge in [-0.25, -0.2) is 4.98 Å². The van der Waals surface area contributed by atoms with Crippen LogP contribution in [0.5, 0.6) is 23.0 Å². The topological polar surface area (TPSA) is 108 Å². The number of phenolic OH excluding ortho intramolecular Hbond substituents is 1. The van der Waals surface area contributed by atoms with Gasteiger partial charge in [-0.05, 0) is 82.8 Å². The summed E-state index contributed by atoms with van der Waals surface area (Å²) >= 11 is 0. The van der Waals surface area contributed by atoms with E-state index in [0.717, 1.165) is 33.4 Å². The minimum atomic E-state index is -0.705. The molecule has 5 rings (SSSR count). The van der Waals surface area contributed by atoms with Crippen LogP contribution in [-0.4, -0.2) is 41.9 Å². The van der Waals surface area contributed by atoms with Crippen molar-refractivity contribution in [3.63, 3.8) is 0 Å². The Bertz CT molecular complexity index is 1530. The minimum absolute atomic E-state index is 0.0694. The van der Waals surface area contributed by atoms with E-state index in [1.807, 2.05) is 37.3 Å². The van der Waals surface area contributed by atoms with E-state index in [2.05, 4.69) is 10.3 Å². The molecule has 1 amide bonds. The van der Waals surface area contributed by atoms with Crippen molar-refractivity contribution < 1.29 is 28.5 Å². The van der Waals surface area contributed by atoms with Gasteiger partial charge in [0.25, 0.3) is 0 Å². The number of ether oxygens (including phenoxy) is 3. The van der Waals surface area contributed by atoms with Gasteiger partial charge >= 0.3 is 0 Å². The zero-order valence-corrected chi connectivity index (χ0v) is 22.1. The Hall–Kier alpha value is -4.92. The molecule has 1 aliphatic rings. The summed E-state index contributed by atoms with van der Waals surface area (Å²) in [5.74, 6) is 1.65. The van der Waals surface area contributed by atoms with Gasteiger partial charge in [0.2, 0.25) is 11.7 Å². The number of nitrogens with one attached hydrogen (secondary N) is 1. The van der Waals surface area contributed by atoms with Crippen molar-refractivity contribution in [2.75, 3.05) is 21.3 Å². The molecule has 0 bridgehead atoms. The second-order valence-electron chi connectivity index (χ2n) is 8.99. The predicted molar refractivity (Wildman–Crippen MR) is 146 cm³/mol. The Labute approximate surface area is 226 Å². The summed E-state index contributed by atoms with van der Waals surface area (Å²) in [6.45, 7) is 2.25. The van der Waals surface area contributed by atoms with E-state index in [-0.39, 0.29) is 18.2 Å². The molecule has 0 fully saturated rings. The third kappa shape index (κ3) is 4.86. The van der Waals surface area contributed by atoms with Gasteiger partial charge in [0.15, 0.2) is 11.5 Å². The number of carbonyl (C=O) groups is 1. The smallest absolute Gasteiger partial charge is 0.248 e. The Morgan fingerprint density at radius 1 is 1.10 bits per heavy atom. The fourth-order valence-electron chi connectivity index (χ4n) is 4.88. The number of furan rings is 1. The Morgan fingerprint density at radius 3 is 2.49 bits per heavy atom. The molecule has 0 aliphatic heterocycles. The number of allylic oxidation sites excluding steroid dienone is 2. The number of phenols is 1. The molecule has 2 aromatic carbocycles. The summed E-state index contributed by atoms with van der Waals surface area (Å²) in [5, 5.41) is 13.4. The maximum absolute atomic E-state index is 13.8. The molecule has 4 aromatic rings.